The highest BCUT2D eigenvalue weighted by Gasteiger charge is 2.28. The van der Waals surface area contributed by atoms with E-state index in [1.165, 1.54) is 12.1 Å². The SMILES string of the molecule is O=C(CN(Cc1ccccc1Cl)S(=O)(=O)c1ccc(Br)cc1)Nc1c(F)cccc1F. The molecule has 0 heterocycles. The van der Waals surface area contributed by atoms with Crippen molar-refractivity contribution >= 4 is 49.1 Å². The van der Waals surface area contributed by atoms with Crippen molar-refractivity contribution in [3.8, 4) is 0 Å². The summed E-state index contributed by atoms with van der Waals surface area (Å²) in [5, 5.41) is 2.43. The first kappa shape index (κ1) is 23.3. The van der Waals surface area contributed by atoms with E-state index in [4.69, 9.17) is 11.6 Å². The molecule has 0 saturated carbocycles. The number of sulfonamides is 1. The van der Waals surface area contributed by atoms with Crippen molar-refractivity contribution in [2.45, 2.75) is 11.4 Å². The van der Waals surface area contributed by atoms with E-state index < -0.39 is 39.8 Å². The van der Waals surface area contributed by atoms with Crippen LogP contribution in [0, 0.1) is 11.6 Å². The molecule has 3 rings (SSSR count). The molecule has 0 saturated heterocycles. The molecule has 0 aliphatic rings. The quantitative estimate of drug-likeness (QED) is 0.457. The number of anilines is 1. The summed E-state index contributed by atoms with van der Waals surface area (Å²) in [5.74, 6) is -2.85. The standard InChI is InChI=1S/C21H16BrClF2N2O3S/c22-15-8-10-16(11-9-15)31(29,30)27(12-14-4-1-2-5-17(14)23)13-20(28)26-21-18(24)6-3-7-19(21)25/h1-11H,12-13H2,(H,26,28). The third kappa shape index (κ3) is 5.68. The number of halogens is 4. The molecule has 3 aromatic rings. The van der Waals surface area contributed by atoms with Gasteiger partial charge in [0.2, 0.25) is 15.9 Å². The summed E-state index contributed by atoms with van der Waals surface area (Å²) >= 11 is 9.41. The highest BCUT2D eigenvalue weighted by Crippen LogP contribution is 2.24. The third-order valence-electron chi connectivity index (χ3n) is 4.30. The largest absolute Gasteiger partial charge is 0.320 e. The molecule has 0 atom stereocenters. The van der Waals surface area contributed by atoms with Gasteiger partial charge in [-0.15, -0.1) is 0 Å². The number of hydrogen-bond donors (Lipinski definition) is 1. The fraction of sp³-hybridized carbons (Fsp3) is 0.0952. The number of nitrogens with one attached hydrogen (secondary N) is 1. The van der Waals surface area contributed by atoms with Gasteiger partial charge in [-0.2, -0.15) is 4.31 Å². The Hall–Kier alpha value is -2.33. The minimum Gasteiger partial charge on any atom is -0.320 e. The van der Waals surface area contributed by atoms with Crippen LogP contribution >= 0.6 is 27.5 Å². The molecule has 0 aromatic heterocycles. The fourth-order valence-corrected chi connectivity index (χ4v) is 4.59. The van der Waals surface area contributed by atoms with Crippen LogP contribution in [0.15, 0.2) is 76.1 Å². The van der Waals surface area contributed by atoms with Crippen molar-refractivity contribution in [2.24, 2.45) is 0 Å². The van der Waals surface area contributed by atoms with E-state index in [0.29, 0.717) is 15.1 Å². The van der Waals surface area contributed by atoms with Crippen LogP contribution in [0.5, 0.6) is 0 Å². The molecule has 162 valence electrons. The van der Waals surface area contributed by atoms with Crippen LogP contribution in [-0.4, -0.2) is 25.2 Å². The molecule has 0 unspecified atom stereocenters. The fourth-order valence-electron chi connectivity index (χ4n) is 2.75. The topological polar surface area (TPSA) is 66.5 Å². The van der Waals surface area contributed by atoms with Crippen molar-refractivity contribution in [3.05, 3.63) is 93.4 Å². The lowest BCUT2D eigenvalue weighted by Gasteiger charge is -2.22. The maximum atomic E-state index is 13.9. The Kier molecular flexibility index (Phi) is 7.42. The molecule has 5 nitrogen and oxygen atoms in total. The molecule has 1 N–H and O–H groups in total. The Morgan fingerprint density at radius 3 is 2.19 bits per heavy atom. The van der Waals surface area contributed by atoms with Crippen LogP contribution < -0.4 is 5.32 Å². The number of rotatable bonds is 7. The lowest BCUT2D eigenvalue weighted by atomic mass is 10.2. The molecule has 10 heteroatoms. The van der Waals surface area contributed by atoms with E-state index in [9.17, 15) is 22.0 Å². The van der Waals surface area contributed by atoms with E-state index in [1.807, 2.05) is 0 Å². The van der Waals surface area contributed by atoms with E-state index in [1.54, 1.807) is 36.4 Å². The van der Waals surface area contributed by atoms with Crippen LogP contribution in [0.1, 0.15) is 5.56 Å². The Bertz CT molecular complexity index is 1190. The molecule has 31 heavy (non-hydrogen) atoms. The molecule has 1 amide bonds. The summed E-state index contributed by atoms with van der Waals surface area (Å²) in [6.07, 6.45) is 0. The zero-order valence-corrected chi connectivity index (χ0v) is 19.0. The van der Waals surface area contributed by atoms with Crippen LogP contribution in [0.2, 0.25) is 5.02 Å². The number of nitrogens with zero attached hydrogens (tertiary/aromatic N) is 1. The van der Waals surface area contributed by atoms with Crippen LogP contribution in [-0.2, 0) is 21.4 Å². The first-order valence-corrected chi connectivity index (χ1v) is 11.5. The van der Waals surface area contributed by atoms with Gasteiger partial charge in [-0.25, -0.2) is 17.2 Å². The maximum absolute atomic E-state index is 13.9. The maximum Gasteiger partial charge on any atom is 0.243 e. The Labute approximate surface area is 191 Å². The summed E-state index contributed by atoms with van der Waals surface area (Å²) in [5.41, 5.74) is -0.180. The van der Waals surface area contributed by atoms with Crippen molar-refractivity contribution in [2.75, 3.05) is 11.9 Å². The molecule has 0 aliphatic carbocycles. The predicted molar refractivity (Wildman–Crippen MR) is 118 cm³/mol. The minimum absolute atomic E-state index is 0.0485. The van der Waals surface area contributed by atoms with Crippen LogP contribution in [0.4, 0.5) is 14.5 Å². The van der Waals surface area contributed by atoms with Crippen LogP contribution in [0.3, 0.4) is 0 Å². The summed E-state index contributed by atoms with van der Waals surface area (Å²) in [7, 11) is -4.13. The summed E-state index contributed by atoms with van der Waals surface area (Å²) < 4.78 is 55.8. The van der Waals surface area contributed by atoms with Crippen molar-refractivity contribution in [3.63, 3.8) is 0 Å². The van der Waals surface area contributed by atoms with Crippen molar-refractivity contribution in [1.82, 2.24) is 4.31 Å². The molecule has 0 aliphatic heterocycles. The normalized spacial score (nSPS) is 11.5. The van der Waals surface area contributed by atoms with Gasteiger partial charge in [-0.05, 0) is 48.0 Å². The Balaban J connectivity index is 1.92. The zero-order chi connectivity index (χ0) is 22.6. The summed E-state index contributed by atoms with van der Waals surface area (Å²) in [6, 6.07) is 15.6. The number of para-hydroxylation sites is 1. The average molecular weight is 530 g/mol. The highest BCUT2D eigenvalue weighted by atomic mass is 79.9. The van der Waals surface area contributed by atoms with E-state index in [-0.39, 0.29) is 11.4 Å². The molecular weight excluding hydrogens is 514 g/mol. The smallest absolute Gasteiger partial charge is 0.243 e. The number of amides is 1. The molecule has 0 bridgehead atoms. The van der Waals surface area contributed by atoms with E-state index in [2.05, 4.69) is 21.2 Å². The van der Waals surface area contributed by atoms with Gasteiger partial charge in [0.15, 0.2) is 0 Å². The number of benzene rings is 3. The summed E-state index contributed by atoms with van der Waals surface area (Å²) in [6.45, 7) is -0.900. The molecule has 3 aromatic carbocycles. The van der Waals surface area contributed by atoms with E-state index >= 15 is 0 Å². The molecule has 0 radical (unpaired) electrons. The van der Waals surface area contributed by atoms with E-state index in [0.717, 1.165) is 22.5 Å². The number of carbonyl (C=O) groups is 1. The van der Waals surface area contributed by atoms with Crippen molar-refractivity contribution < 1.29 is 22.0 Å². The zero-order valence-electron chi connectivity index (χ0n) is 15.9. The highest BCUT2D eigenvalue weighted by molar-refractivity contribution is 9.10. The first-order chi connectivity index (χ1) is 14.7. The van der Waals surface area contributed by atoms with Gasteiger partial charge < -0.3 is 5.32 Å². The number of carbonyl (C=O) groups excluding carboxylic acids is 1. The third-order valence-corrected chi connectivity index (χ3v) is 7.01. The van der Waals surface area contributed by atoms with Crippen LogP contribution in [0.25, 0.3) is 0 Å². The Morgan fingerprint density at radius 1 is 0.968 bits per heavy atom. The average Bonchev–Trinajstić information content (AvgIpc) is 2.72. The van der Waals surface area contributed by atoms with Gasteiger partial charge in [-0.1, -0.05) is 51.8 Å². The first-order valence-electron chi connectivity index (χ1n) is 8.91. The molecule has 0 spiro atoms. The second-order valence-electron chi connectivity index (χ2n) is 6.46. The lowest BCUT2D eigenvalue weighted by Crippen LogP contribution is -2.37. The lowest BCUT2D eigenvalue weighted by molar-refractivity contribution is -0.116. The summed E-state index contributed by atoms with van der Waals surface area (Å²) in [4.78, 5) is 12.5. The van der Waals surface area contributed by atoms with Gasteiger partial charge in [0.1, 0.15) is 17.3 Å². The van der Waals surface area contributed by atoms with Gasteiger partial charge in [0.25, 0.3) is 0 Å². The second kappa shape index (κ2) is 9.86. The van der Waals surface area contributed by atoms with Gasteiger partial charge in [0, 0.05) is 16.0 Å². The number of hydrogen-bond acceptors (Lipinski definition) is 3. The predicted octanol–water partition coefficient (Wildman–Crippen LogP) is 5.21. The monoisotopic (exact) mass is 528 g/mol. The molecule has 0 fully saturated rings. The van der Waals surface area contributed by atoms with Gasteiger partial charge in [-0.3, -0.25) is 4.79 Å². The van der Waals surface area contributed by atoms with Gasteiger partial charge >= 0.3 is 0 Å². The minimum atomic E-state index is -4.13. The molecular formula is C21H16BrClF2N2O3S. The van der Waals surface area contributed by atoms with Crippen molar-refractivity contribution in [1.29, 1.82) is 0 Å². The second-order valence-corrected chi connectivity index (χ2v) is 9.72. The van der Waals surface area contributed by atoms with Gasteiger partial charge in [0.05, 0.1) is 11.4 Å². The Morgan fingerprint density at radius 2 is 1.58 bits per heavy atom.